The van der Waals surface area contributed by atoms with E-state index in [4.69, 9.17) is 4.74 Å². The summed E-state index contributed by atoms with van der Waals surface area (Å²) in [6, 6.07) is 2.01. The number of anilines is 1. The molecule has 1 amide bonds. The predicted molar refractivity (Wildman–Crippen MR) is 86.3 cm³/mol. The third-order valence-corrected chi connectivity index (χ3v) is 3.56. The van der Waals surface area contributed by atoms with Gasteiger partial charge in [-0.3, -0.25) is 0 Å². The Morgan fingerprint density at radius 2 is 2.05 bits per heavy atom. The molecule has 122 valence electrons. The Balaban J connectivity index is 2.09. The predicted octanol–water partition coefficient (Wildman–Crippen LogP) is 2.58. The van der Waals surface area contributed by atoms with Gasteiger partial charge in [-0.1, -0.05) is 0 Å². The first-order valence-corrected chi connectivity index (χ1v) is 7.66. The molecule has 0 saturated carbocycles. The summed E-state index contributed by atoms with van der Waals surface area (Å²) >= 11 is 0. The normalized spacial score (nSPS) is 18.5. The molecule has 2 heterocycles. The van der Waals surface area contributed by atoms with Gasteiger partial charge >= 0.3 is 6.09 Å². The third kappa shape index (κ3) is 4.08. The lowest BCUT2D eigenvalue weighted by Crippen LogP contribution is -2.35. The largest absolute Gasteiger partial charge is 0.444 e. The van der Waals surface area contributed by atoms with Crippen LogP contribution in [0.2, 0.25) is 0 Å². The molecule has 1 atom stereocenters. The molecule has 0 aliphatic carbocycles. The van der Waals surface area contributed by atoms with Crippen LogP contribution in [-0.2, 0) is 4.74 Å². The molecule has 2 rings (SSSR count). The Labute approximate surface area is 132 Å². The average molecular weight is 306 g/mol. The van der Waals surface area contributed by atoms with Crippen LogP contribution < -0.4 is 4.90 Å². The molecule has 1 aromatic rings. The van der Waals surface area contributed by atoms with E-state index in [1.165, 1.54) is 0 Å². The number of aromatic nitrogens is 2. The average Bonchev–Trinajstić information content (AvgIpc) is 2.85. The molecule has 1 aromatic heterocycles. The van der Waals surface area contributed by atoms with E-state index in [1.54, 1.807) is 4.90 Å². The zero-order chi connectivity index (χ0) is 16.5. The smallest absolute Gasteiger partial charge is 0.410 e. The maximum absolute atomic E-state index is 12.1. The molecule has 0 N–H and O–H groups in total. The number of rotatable bonds is 2. The van der Waals surface area contributed by atoms with Gasteiger partial charge in [0.05, 0.1) is 5.69 Å². The van der Waals surface area contributed by atoms with Crippen LogP contribution >= 0.6 is 0 Å². The highest BCUT2D eigenvalue weighted by Crippen LogP contribution is 2.28. The Kier molecular flexibility index (Phi) is 4.58. The van der Waals surface area contributed by atoms with Crippen molar-refractivity contribution in [3.8, 4) is 0 Å². The number of hydrogen-bond acceptors (Lipinski definition) is 5. The van der Waals surface area contributed by atoms with Crippen molar-refractivity contribution >= 4 is 11.9 Å². The summed E-state index contributed by atoms with van der Waals surface area (Å²) in [5, 5.41) is 0. The molecule has 0 spiro atoms. The quantitative estimate of drug-likeness (QED) is 0.840. The van der Waals surface area contributed by atoms with Gasteiger partial charge in [0.15, 0.2) is 0 Å². The summed E-state index contributed by atoms with van der Waals surface area (Å²) in [7, 11) is 3.93. The fourth-order valence-electron chi connectivity index (χ4n) is 2.51. The van der Waals surface area contributed by atoms with E-state index in [2.05, 4.69) is 9.97 Å². The Hall–Kier alpha value is -1.85. The van der Waals surface area contributed by atoms with Gasteiger partial charge in [-0.15, -0.1) is 0 Å². The van der Waals surface area contributed by atoms with Crippen molar-refractivity contribution in [2.75, 3.05) is 32.1 Å². The maximum Gasteiger partial charge on any atom is 0.410 e. The SMILES string of the molecule is Cc1nc([C@@H]2CCN(C(=O)OC(C)(C)C)C2)cc(N(C)C)n1. The van der Waals surface area contributed by atoms with Crippen molar-refractivity contribution in [2.24, 2.45) is 0 Å². The molecule has 6 nitrogen and oxygen atoms in total. The first-order chi connectivity index (χ1) is 10.2. The summed E-state index contributed by atoms with van der Waals surface area (Å²) in [5.41, 5.74) is 0.543. The lowest BCUT2D eigenvalue weighted by molar-refractivity contribution is 0.0292. The topological polar surface area (TPSA) is 58.6 Å². The molecule has 0 radical (unpaired) electrons. The number of amides is 1. The van der Waals surface area contributed by atoms with E-state index < -0.39 is 5.60 Å². The second-order valence-electron chi connectivity index (χ2n) is 7.00. The molecule has 0 unspecified atom stereocenters. The fraction of sp³-hybridized carbons (Fsp3) is 0.688. The number of nitrogens with zero attached hydrogens (tertiary/aromatic N) is 4. The monoisotopic (exact) mass is 306 g/mol. The second kappa shape index (κ2) is 6.10. The van der Waals surface area contributed by atoms with Gasteiger partial charge in [0.1, 0.15) is 17.2 Å². The van der Waals surface area contributed by atoms with Crippen molar-refractivity contribution < 1.29 is 9.53 Å². The van der Waals surface area contributed by atoms with Gasteiger partial charge in [0, 0.05) is 39.2 Å². The number of ether oxygens (including phenoxy) is 1. The van der Waals surface area contributed by atoms with Crippen LogP contribution in [0.1, 0.15) is 44.6 Å². The molecule has 0 aromatic carbocycles. The first-order valence-electron chi connectivity index (χ1n) is 7.66. The van der Waals surface area contributed by atoms with Crippen molar-refractivity contribution in [2.45, 2.75) is 45.6 Å². The van der Waals surface area contributed by atoms with Crippen LogP contribution in [0.25, 0.3) is 0 Å². The Morgan fingerprint density at radius 1 is 1.36 bits per heavy atom. The zero-order valence-electron chi connectivity index (χ0n) is 14.4. The van der Waals surface area contributed by atoms with Crippen LogP contribution in [0, 0.1) is 6.92 Å². The van der Waals surface area contributed by atoms with Crippen molar-refractivity contribution in [3.05, 3.63) is 17.6 Å². The number of carbonyl (C=O) groups excluding carboxylic acids is 1. The van der Waals surface area contributed by atoms with Gasteiger partial charge in [-0.2, -0.15) is 0 Å². The highest BCUT2D eigenvalue weighted by molar-refractivity contribution is 5.68. The number of likely N-dealkylation sites (tertiary alicyclic amines) is 1. The van der Waals surface area contributed by atoms with Crippen molar-refractivity contribution in [1.82, 2.24) is 14.9 Å². The lowest BCUT2D eigenvalue weighted by Gasteiger charge is -2.24. The molecule has 22 heavy (non-hydrogen) atoms. The molecule has 1 fully saturated rings. The molecular formula is C16H26N4O2. The zero-order valence-corrected chi connectivity index (χ0v) is 14.4. The van der Waals surface area contributed by atoms with E-state index in [-0.39, 0.29) is 12.0 Å². The van der Waals surface area contributed by atoms with Crippen LogP contribution in [0.4, 0.5) is 10.6 Å². The summed E-state index contributed by atoms with van der Waals surface area (Å²) in [6.07, 6.45) is 0.663. The minimum Gasteiger partial charge on any atom is -0.444 e. The van der Waals surface area contributed by atoms with Gasteiger partial charge in [-0.25, -0.2) is 14.8 Å². The van der Waals surface area contributed by atoms with Gasteiger partial charge in [0.25, 0.3) is 0 Å². The van der Waals surface area contributed by atoms with Crippen LogP contribution in [0.3, 0.4) is 0 Å². The fourth-order valence-corrected chi connectivity index (χ4v) is 2.51. The van der Waals surface area contributed by atoms with E-state index in [0.29, 0.717) is 13.1 Å². The van der Waals surface area contributed by atoms with Crippen LogP contribution in [0.5, 0.6) is 0 Å². The number of hydrogen-bond donors (Lipinski definition) is 0. The Morgan fingerprint density at radius 3 is 2.64 bits per heavy atom. The summed E-state index contributed by atoms with van der Waals surface area (Å²) in [4.78, 5) is 24.8. The summed E-state index contributed by atoms with van der Waals surface area (Å²) in [5.74, 6) is 1.91. The van der Waals surface area contributed by atoms with E-state index in [9.17, 15) is 4.79 Å². The van der Waals surface area contributed by atoms with Crippen LogP contribution in [-0.4, -0.2) is 53.7 Å². The molecule has 0 bridgehead atoms. The van der Waals surface area contributed by atoms with Gasteiger partial charge in [-0.05, 0) is 34.1 Å². The first kappa shape index (κ1) is 16.5. The third-order valence-electron chi connectivity index (χ3n) is 3.56. The van der Waals surface area contributed by atoms with E-state index in [1.807, 2.05) is 52.8 Å². The minimum absolute atomic E-state index is 0.242. The Bertz CT molecular complexity index is 552. The highest BCUT2D eigenvalue weighted by Gasteiger charge is 2.31. The molecular weight excluding hydrogens is 280 g/mol. The molecule has 6 heteroatoms. The molecule has 1 aliphatic heterocycles. The molecule has 1 aliphatic rings. The maximum atomic E-state index is 12.1. The second-order valence-corrected chi connectivity index (χ2v) is 7.00. The molecule has 1 saturated heterocycles. The van der Waals surface area contributed by atoms with Crippen LogP contribution in [0.15, 0.2) is 6.07 Å². The number of carbonyl (C=O) groups is 1. The minimum atomic E-state index is -0.460. The lowest BCUT2D eigenvalue weighted by atomic mass is 10.0. The van der Waals surface area contributed by atoms with E-state index >= 15 is 0 Å². The van der Waals surface area contributed by atoms with Crippen molar-refractivity contribution in [3.63, 3.8) is 0 Å². The standard InChI is InChI=1S/C16H26N4O2/c1-11-17-13(9-14(18-11)19(5)6)12-7-8-20(10-12)15(21)22-16(2,3)4/h9,12H,7-8,10H2,1-6H3/t12-/m1/s1. The summed E-state index contributed by atoms with van der Waals surface area (Å²) < 4.78 is 5.44. The van der Waals surface area contributed by atoms with Crippen molar-refractivity contribution in [1.29, 1.82) is 0 Å². The number of aryl methyl sites for hydroxylation is 1. The van der Waals surface area contributed by atoms with Gasteiger partial charge < -0.3 is 14.5 Å². The summed E-state index contributed by atoms with van der Waals surface area (Å²) in [6.45, 7) is 8.91. The van der Waals surface area contributed by atoms with E-state index in [0.717, 1.165) is 23.8 Å². The van der Waals surface area contributed by atoms with Gasteiger partial charge in [0.2, 0.25) is 0 Å². The highest BCUT2D eigenvalue weighted by atomic mass is 16.6.